The highest BCUT2D eigenvalue weighted by Gasteiger charge is 2.34. The Hall–Kier alpha value is -2.09. The van der Waals surface area contributed by atoms with Crippen molar-refractivity contribution in [1.29, 1.82) is 5.26 Å². The van der Waals surface area contributed by atoms with Crippen LogP contribution < -0.4 is 10.5 Å². The molecule has 1 saturated carbocycles. The fraction of sp³-hybridized carbons (Fsp3) is 0.250. The second kappa shape index (κ2) is 6.13. The van der Waals surface area contributed by atoms with Crippen molar-refractivity contribution >= 4 is 12.4 Å². The molecule has 0 radical (unpaired) electrons. The van der Waals surface area contributed by atoms with Gasteiger partial charge in [0.2, 0.25) is 0 Å². The number of rotatable bonds is 3. The van der Waals surface area contributed by atoms with E-state index in [1.54, 1.807) is 25.3 Å². The molecule has 1 aliphatic rings. The Morgan fingerprint density at radius 3 is 2.62 bits per heavy atom. The van der Waals surface area contributed by atoms with E-state index in [-0.39, 0.29) is 18.4 Å². The van der Waals surface area contributed by atoms with Gasteiger partial charge < -0.3 is 10.5 Å². The van der Waals surface area contributed by atoms with Crippen LogP contribution in [-0.2, 0) is 0 Å². The van der Waals surface area contributed by atoms with Crippen molar-refractivity contribution in [2.75, 3.05) is 7.11 Å². The highest BCUT2D eigenvalue weighted by molar-refractivity contribution is 5.85. The lowest BCUT2D eigenvalue weighted by Crippen LogP contribution is -2.01. The molecule has 4 nitrogen and oxygen atoms in total. The highest BCUT2D eigenvalue weighted by Crippen LogP contribution is 2.39. The third kappa shape index (κ3) is 2.99. The summed E-state index contributed by atoms with van der Waals surface area (Å²) in [6.45, 7) is 0. The maximum absolute atomic E-state index is 9.00. The number of hydrogen-bond donors (Lipinski definition) is 1. The quantitative estimate of drug-likeness (QED) is 0.946. The first-order valence-corrected chi connectivity index (χ1v) is 6.53. The van der Waals surface area contributed by atoms with Gasteiger partial charge in [0.1, 0.15) is 5.75 Å². The molecule has 2 atom stereocenters. The zero-order valence-electron chi connectivity index (χ0n) is 11.6. The van der Waals surface area contributed by atoms with Crippen molar-refractivity contribution in [3.63, 3.8) is 0 Å². The Morgan fingerprint density at radius 2 is 2.10 bits per heavy atom. The minimum Gasteiger partial charge on any atom is -0.496 e. The Kier molecular flexibility index (Phi) is 4.46. The molecule has 0 amide bonds. The Morgan fingerprint density at radius 1 is 1.33 bits per heavy atom. The largest absolute Gasteiger partial charge is 0.496 e. The molecule has 1 aromatic heterocycles. The van der Waals surface area contributed by atoms with Gasteiger partial charge in [0, 0.05) is 23.7 Å². The maximum Gasteiger partial charge on any atom is 0.128 e. The van der Waals surface area contributed by atoms with Crippen LogP contribution in [-0.4, -0.2) is 18.1 Å². The normalized spacial score (nSPS) is 19.3. The number of nitrogens with zero attached hydrogens (tertiary/aromatic N) is 2. The smallest absolute Gasteiger partial charge is 0.128 e. The van der Waals surface area contributed by atoms with E-state index in [0.717, 1.165) is 17.7 Å². The topological polar surface area (TPSA) is 71.9 Å². The average Bonchev–Trinajstić information content (AvgIpc) is 3.23. The van der Waals surface area contributed by atoms with E-state index < -0.39 is 0 Å². The zero-order chi connectivity index (χ0) is 14.1. The van der Waals surface area contributed by atoms with E-state index in [9.17, 15) is 0 Å². The SMILES string of the molecule is COc1ccc(C#N)cc1-c1ccc([C@@H]2C[C@H]2N)cn1.Cl. The van der Waals surface area contributed by atoms with Crippen LogP contribution in [0.3, 0.4) is 0 Å². The van der Waals surface area contributed by atoms with Crippen LogP contribution in [0.4, 0.5) is 0 Å². The van der Waals surface area contributed by atoms with Crippen LogP contribution >= 0.6 is 12.4 Å². The molecule has 0 spiro atoms. The molecule has 1 heterocycles. The zero-order valence-corrected chi connectivity index (χ0v) is 12.4. The number of aromatic nitrogens is 1. The number of methoxy groups -OCH3 is 1. The van der Waals surface area contributed by atoms with E-state index in [1.165, 1.54) is 5.56 Å². The predicted molar refractivity (Wildman–Crippen MR) is 83.5 cm³/mol. The summed E-state index contributed by atoms with van der Waals surface area (Å²) in [5.41, 5.74) is 9.25. The first-order chi connectivity index (χ1) is 9.72. The second-order valence-corrected chi connectivity index (χ2v) is 5.01. The summed E-state index contributed by atoms with van der Waals surface area (Å²) in [6.07, 6.45) is 2.90. The van der Waals surface area contributed by atoms with Crippen molar-refractivity contribution in [3.8, 4) is 23.1 Å². The standard InChI is InChI=1S/C16H15N3O.ClH/c1-20-16-5-2-10(8-17)6-13(16)15-4-3-11(9-19-15)12-7-14(12)18;/h2-6,9,12,14H,7,18H2,1H3;1H/t12-,14+;/m0./s1. The minimum atomic E-state index is 0. The number of halogens is 1. The molecule has 0 bridgehead atoms. The summed E-state index contributed by atoms with van der Waals surface area (Å²) in [7, 11) is 1.61. The van der Waals surface area contributed by atoms with Gasteiger partial charge >= 0.3 is 0 Å². The van der Waals surface area contributed by atoms with E-state index >= 15 is 0 Å². The molecule has 108 valence electrons. The number of benzene rings is 1. The highest BCUT2D eigenvalue weighted by atomic mass is 35.5. The molecule has 1 aliphatic carbocycles. The molecule has 0 unspecified atom stereocenters. The van der Waals surface area contributed by atoms with Crippen LogP contribution in [0.2, 0.25) is 0 Å². The number of nitriles is 1. The summed E-state index contributed by atoms with van der Waals surface area (Å²) >= 11 is 0. The lowest BCUT2D eigenvalue weighted by Gasteiger charge is -2.09. The fourth-order valence-corrected chi connectivity index (χ4v) is 2.36. The Bertz CT molecular complexity index is 679. The molecule has 3 rings (SSSR count). The minimum absolute atomic E-state index is 0. The van der Waals surface area contributed by atoms with Crippen LogP contribution in [0.15, 0.2) is 36.5 Å². The Balaban J connectivity index is 0.00000161. The predicted octanol–water partition coefficient (Wildman–Crippen LogP) is 2.87. The van der Waals surface area contributed by atoms with Crippen LogP contribution in [0.5, 0.6) is 5.75 Å². The van der Waals surface area contributed by atoms with Gasteiger partial charge in [0.15, 0.2) is 0 Å². The van der Waals surface area contributed by atoms with Crippen molar-refractivity contribution in [3.05, 3.63) is 47.7 Å². The summed E-state index contributed by atoms with van der Waals surface area (Å²) in [4.78, 5) is 4.48. The van der Waals surface area contributed by atoms with Gasteiger partial charge in [-0.2, -0.15) is 5.26 Å². The molecule has 5 heteroatoms. The van der Waals surface area contributed by atoms with Gasteiger partial charge in [-0.3, -0.25) is 4.98 Å². The molecule has 1 fully saturated rings. The van der Waals surface area contributed by atoms with Crippen LogP contribution in [0, 0.1) is 11.3 Å². The lowest BCUT2D eigenvalue weighted by atomic mass is 10.1. The molecule has 1 aromatic carbocycles. The van der Waals surface area contributed by atoms with Gasteiger partial charge in [0.05, 0.1) is 24.4 Å². The molecular weight excluding hydrogens is 286 g/mol. The number of ether oxygens (including phenoxy) is 1. The second-order valence-electron chi connectivity index (χ2n) is 5.01. The van der Waals surface area contributed by atoms with Gasteiger partial charge in [-0.15, -0.1) is 12.4 Å². The van der Waals surface area contributed by atoms with Gasteiger partial charge in [0.25, 0.3) is 0 Å². The van der Waals surface area contributed by atoms with E-state index in [2.05, 4.69) is 17.1 Å². The fourth-order valence-electron chi connectivity index (χ4n) is 2.36. The van der Waals surface area contributed by atoms with Crippen molar-refractivity contribution in [1.82, 2.24) is 4.98 Å². The van der Waals surface area contributed by atoms with E-state index in [0.29, 0.717) is 17.2 Å². The number of nitrogens with two attached hydrogens (primary N) is 1. The molecular formula is C16H16ClN3O. The molecule has 2 aromatic rings. The maximum atomic E-state index is 9.00. The van der Waals surface area contributed by atoms with Crippen molar-refractivity contribution in [2.24, 2.45) is 5.73 Å². The third-order valence-electron chi connectivity index (χ3n) is 3.66. The third-order valence-corrected chi connectivity index (χ3v) is 3.66. The van der Waals surface area contributed by atoms with Gasteiger partial charge in [-0.1, -0.05) is 6.07 Å². The monoisotopic (exact) mass is 301 g/mol. The number of pyridine rings is 1. The summed E-state index contributed by atoms with van der Waals surface area (Å²) < 4.78 is 5.34. The Labute approximate surface area is 130 Å². The van der Waals surface area contributed by atoms with Crippen LogP contribution in [0.1, 0.15) is 23.5 Å². The molecule has 0 aliphatic heterocycles. The van der Waals surface area contributed by atoms with Crippen molar-refractivity contribution in [2.45, 2.75) is 18.4 Å². The first-order valence-electron chi connectivity index (χ1n) is 6.53. The summed E-state index contributed by atoms with van der Waals surface area (Å²) in [5, 5.41) is 9.00. The average molecular weight is 302 g/mol. The van der Waals surface area contributed by atoms with Crippen molar-refractivity contribution < 1.29 is 4.74 Å². The van der Waals surface area contributed by atoms with Gasteiger partial charge in [-0.25, -0.2) is 0 Å². The molecule has 21 heavy (non-hydrogen) atoms. The van der Waals surface area contributed by atoms with Gasteiger partial charge in [-0.05, 0) is 36.2 Å². The van der Waals surface area contributed by atoms with E-state index in [4.69, 9.17) is 15.7 Å². The molecule has 0 saturated heterocycles. The van der Waals surface area contributed by atoms with Crippen LogP contribution in [0.25, 0.3) is 11.3 Å². The summed E-state index contributed by atoms with van der Waals surface area (Å²) in [6, 6.07) is 11.7. The number of hydrogen-bond acceptors (Lipinski definition) is 4. The lowest BCUT2D eigenvalue weighted by molar-refractivity contribution is 0.416. The molecule has 2 N–H and O–H groups in total. The van der Waals surface area contributed by atoms with E-state index in [1.807, 2.05) is 12.3 Å². The summed E-state index contributed by atoms with van der Waals surface area (Å²) in [5.74, 6) is 1.16. The first kappa shape index (κ1) is 15.3.